The summed E-state index contributed by atoms with van der Waals surface area (Å²) in [5.74, 6) is 0.169. The maximum absolute atomic E-state index is 13.6. The Hall–Kier alpha value is -3.12. The molecule has 1 N–H and O–H groups in total. The number of rotatable bonds is 3. The van der Waals surface area contributed by atoms with Gasteiger partial charge in [-0.3, -0.25) is 9.59 Å². The third-order valence-corrected chi connectivity index (χ3v) is 11.2. The number of anilines is 1. The number of sulfonamides is 1. The van der Waals surface area contributed by atoms with Crippen LogP contribution in [0.3, 0.4) is 0 Å². The van der Waals surface area contributed by atoms with E-state index < -0.39 is 21.5 Å². The summed E-state index contributed by atoms with van der Waals surface area (Å²) in [6, 6.07) is 10.6. The largest absolute Gasteiger partial charge is 0.487 e. The number of carbonyl (C=O) groups is 2. The molecule has 2 aliphatic heterocycles. The van der Waals surface area contributed by atoms with Gasteiger partial charge >= 0.3 is 0 Å². The molecule has 6 rings (SSSR count). The highest BCUT2D eigenvalue weighted by molar-refractivity contribution is 7.90. The standard InChI is InChI=1S/C34H42ClN3O7S/c1-37(2)32(39)22-44-30-7-5-17-45-34(14-15-34)33(40)36-46(41,42)27-11-13-31-29(19-27)38(20-24-9-12-28(24)30)16-4-3-6-23-18-26(35)10-8-25(23)21-43-31/h5,7-8,10-11,13,18-19,24,28,30H,3-4,6,9,12,14-17,20-22H2,1-2H3,(H,36,40)/b7-5+/t24-,28+,30+/m0/s1. The summed E-state index contributed by atoms with van der Waals surface area (Å²) in [6.45, 7) is 1.74. The van der Waals surface area contributed by atoms with E-state index >= 15 is 0 Å². The van der Waals surface area contributed by atoms with Gasteiger partial charge in [-0.05, 0) is 98.2 Å². The van der Waals surface area contributed by atoms with Gasteiger partial charge in [0, 0.05) is 32.2 Å². The molecule has 46 heavy (non-hydrogen) atoms. The highest BCUT2D eigenvalue weighted by Gasteiger charge is 2.52. The fourth-order valence-corrected chi connectivity index (χ4v) is 7.72. The SMILES string of the molecule is CN(C)C(=O)CO[C@@H]1/C=C/COC2(CC2)C(=O)NS(=O)(=O)c2ccc3c(c2)N(CCCCc2cc(Cl)ccc2CO3)C[C@@H]2CC[C@H]21. The number of ether oxygens (including phenoxy) is 3. The van der Waals surface area contributed by atoms with Crippen molar-refractivity contribution in [1.29, 1.82) is 0 Å². The van der Waals surface area contributed by atoms with E-state index in [9.17, 15) is 18.0 Å². The zero-order valence-corrected chi connectivity index (χ0v) is 27.9. The van der Waals surface area contributed by atoms with Gasteiger partial charge < -0.3 is 24.0 Å². The highest BCUT2D eigenvalue weighted by Crippen LogP contribution is 2.43. The van der Waals surface area contributed by atoms with E-state index in [2.05, 4.69) is 9.62 Å². The van der Waals surface area contributed by atoms with Crippen LogP contribution in [0.5, 0.6) is 5.75 Å². The third kappa shape index (κ3) is 7.22. The molecule has 4 aliphatic rings. The summed E-state index contributed by atoms with van der Waals surface area (Å²) in [5.41, 5.74) is 1.66. The molecule has 2 aromatic rings. The Bertz CT molecular complexity index is 1610. The number of hydrogen-bond acceptors (Lipinski definition) is 8. The van der Waals surface area contributed by atoms with Crippen LogP contribution < -0.4 is 14.4 Å². The first-order valence-electron chi connectivity index (χ1n) is 16.0. The Morgan fingerprint density at radius 1 is 1.13 bits per heavy atom. The van der Waals surface area contributed by atoms with Crippen molar-refractivity contribution in [2.45, 2.75) is 68.2 Å². The molecule has 0 unspecified atom stereocenters. The average molecular weight is 672 g/mol. The molecular weight excluding hydrogens is 630 g/mol. The maximum Gasteiger partial charge on any atom is 0.265 e. The Labute approximate surface area is 276 Å². The summed E-state index contributed by atoms with van der Waals surface area (Å²) in [7, 11) is -0.771. The van der Waals surface area contributed by atoms with E-state index in [0.29, 0.717) is 49.0 Å². The van der Waals surface area contributed by atoms with Crippen LogP contribution in [0, 0.1) is 11.8 Å². The summed E-state index contributed by atoms with van der Waals surface area (Å²) >= 11 is 6.33. The lowest BCUT2D eigenvalue weighted by molar-refractivity contribution is -0.137. The predicted molar refractivity (Wildman–Crippen MR) is 174 cm³/mol. The number of aryl methyl sites for hydroxylation is 1. The Balaban J connectivity index is 1.36. The molecule has 3 atom stereocenters. The minimum atomic E-state index is -4.18. The molecule has 2 fully saturated rings. The van der Waals surface area contributed by atoms with E-state index in [-0.39, 0.29) is 42.0 Å². The van der Waals surface area contributed by atoms with Crippen molar-refractivity contribution in [3.8, 4) is 5.75 Å². The Morgan fingerprint density at radius 3 is 2.70 bits per heavy atom. The van der Waals surface area contributed by atoms with Crippen molar-refractivity contribution in [3.05, 3.63) is 64.7 Å². The normalized spacial score (nSPS) is 26.2. The van der Waals surface area contributed by atoms with Crippen LogP contribution in [0.2, 0.25) is 5.02 Å². The van der Waals surface area contributed by atoms with Gasteiger partial charge in [-0.15, -0.1) is 0 Å². The molecule has 12 heteroatoms. The molecule has 2 saturated carbocycles. The highest BCUT2D eigenvalue weighted by atomic mass is 35.5. The van der Waals surface area contributed by atoms with Gasteiger partial charge in [0.15, 0.2) is 0 Å². The number of likely N-dealkylation sites (N-methyl/N-ethyl adjacent to an activating group) is 1. The van der Waals surface area contributed by atoms with Crippen LogP contribution in [0.15, 0.2) is 53.4 Å². The van der Waals surface area contributed by atoms with Crippen LogP contribution in [-0.2, 0) is 42.1 Å². The predicted octanol–water partition coefficient (Wildman–Crippen LogP) is 4.49. The summed E-state index contributed by atoms with van der Waals surface area (Å²) in [4.78, 5) is 29.4. The smallest absolute Gasteiger partial charge is 0.265 e. The van der Waals surface area contributed by atoms with Gasteiger partial charge in [-0.2, -0.15) is 0 Å². The van der Waals surface area contributed by atoms with Gasteiger partial charge in [-0.25, -0.2) is 13.1 Å². The van der Waals surface area contributed by atoms with Crippen LogP contribution in [0.25, 0.3) is 0 Å². The van der Waals surface area contributed by atoms with Crippen molar-refractivity contribution in [3.63, 3.8) is 0 Å². The first kappa shape index (κ1) is 32.8. The molecule has 1 spiro atoms. The molecule has 0 radical (unpaired) electrons. The Morgan fingerprint density at radius 2 is 1.96 bits per heavy atom. The minimum absolute atomic E-state index is 0.00777. The average Bonchev–Trinajstić information content (AvgIpc) is 3.80. The van der Waals surface area contributed by atoms with Crippen LogP contribution in [0.1, 0.15) is 49.7 Å². The lowest BCUT2D eigenvalue weighted by Gasteiger charge is -2.44. The topological polar surface area (TPSA) is 114 Å². The van der Waals surface area contributed by atoms with Crippen LogP contribution >= 0.6 is 11.6 Å². The molecule has 2 aliphatic carbocycles. The van der Waals surface area contributed by atoms with E-state index in [1.165, 1.54) is 11.0 Å². The second-order valence-corrected chi connectivity index (χ2v) is 15.1. The van der Waals surface area contributed by atoms with Gasteiger partial charge in [0.1, 0.15) is 24.6 Å². The van der Waals surface area contributed by atoms with Crippen molar-refractivity contribution in [1.82, 2.24) is 9.62 Å². The van der Waals surface area contributed by atoms with E-state index in [1.807, 2.05) is 30.4 Å². The van der Waals surface area contributed by atoms with Crippen molar-refractivity contribution >= 4 is 39.1 Å². The quantitative estimate of drug-likeness (QED) is 0.475. The molecule has 0 aromatic heterocycles. The minimum Gasteiger partial charge on any atom is -0.487 e. The lowest BCUT2D eigenvalue weighted by atomic mass is 9.70. The first-order valence-corrected chi connectivity index (χ1v) is 17.9. The van der Waals surface area contributed by atoms with Gasteiger partial charge in [0.25, 0.3) is 15.9 Å². The lowest BCUT2D eigenvalue weighted by Crippen LogP contribution is -2.45. The molecule has 2 amide bonds. The summed E-state index contributed by atoms with van der Waals surface area (Å²) < 4.78 is 47.9. The number of nitrogens with zero attached hydrogens (tertiary/aromatic N) is 2. The van der Waals surface area contributed by atoms with Crippen molar-refractivity contribution < 1.29 is 32.2 Å². The number of nitrogens with one attached hydrogen (secondary N) is 1. The number of carbonyl (C=O) groups excluding carboxylic acids is 2. The van der Waals surface area contributed by atoms with Crippen molar-refractivity contribution in [2.24, 2.45) is 11.8 Å². The van der Waals surface area contributed by atoms with Crippen LogP contribution in [-0.4, -0.2) is 77.2 Å². The van der Waals surface area contributed by atoms with E-state index in [1.54, 1.807) is 26.2 Å². The van der Waals surface area contributed by atoms with Crippen LogP contribution in [0.4, 0.5) is 5.69 Å². The van der Waals surface area contributed by atoms with Gasteiger partial charge in [0.05, 0.1) is 23.3 Å². The fourth-order valence-electron chi connectivity index (χ4n) is 6.46. The van der Waals surface area contributed by atoms with E-state index in [4.69, 9.17) is 25.8 Å². The molecule has 2 bridgehead atoms. The number of halogens is 1. The Kier molecular flexibility index (Phi) is 9.66. The zero-order chi connectivity index (χ0) is 32.5. The molecule has 2 heterocycles. The maximum atomic E-state index is 13.6. The zero-order valence-electron chi connectivity index (χ0n) is 26.4. The van der Waals surface area contributed by atoms with Gasteiger partial charge in [0.2, 0.25) is 5.91 Å². The second kappa shape index (κ2) is 13.5. The third-order valence-electron chi connectivity index (χ3n) is 9.63. The van der Waals surface area contributed by atoms with E-state index in [0.717, 1.165) is 43.2 Å². The van der Waals surface area contributed by atoms with Gasteiger partial charge in [-0.1, -0.05) is 29.8 Å². The molecule has 0 saturated heterocycles. The number of benzene rings is 2. The molecular formula is C34H42ClN3O7S. The first-order chi connectivity index (χ1) is 22.0. The number of hydrogen-bond donors (Lipinski definition) is 1. The number of amides is 2. The summed E-state index contributed by atoms with van der Waals surface area (Å²) in [6.07, 6.45) is 8.86. The second-order valence-electron chi connectivity index (χ2n) is 13.0. The molecule has 2 aromatic carbocycles. The summed E-state index contributed by atoms with van der Waals surface area (Å²) in [5, 5.41) is 0.684. The number of fused-ring (bicyclic) bond motifs is 3. The van der Waals surface area contributed by atoms with Crippen molar-refractivity contribution in [2.75, 3.05) is 45.3 Å². The molecule has 10 nitrogen and oxygen atoms in total. The monoisotopic (exact) mass is 671 g/mol. The fraction of sp³-hybridized carbons (Fsp3) is 0.529. The molecule has 248 valence electrons.